The molecule has 1 atom stereocenters. The summed E-state index contributed by atoms with van der Waals surface area (Å²) in [6, 6.07) is 7.81. The van der Waals surface area contributed by atoms with Gasteiger partial charge in [0.2, 0.25) is 5.91 Å². The van der Waals surface area contributed by atoms with Gasteiger partial charge in [-0.15, -0.1) is 0 Å². The molecule has 0 spiro atoms. The van der Waals surface area contributed by atoms with E-state index in [1.54, 1.807) is 12.4 Å². The first-order valence-electron chi connectivity index (χ1n) is 9.97. The summed E-state index contributed by atoms with van der Waals surface area (Å²) in [5.74, 6) is 0.244. The number of aromatic nitrogens is 4. The summed E-state index contributed by atoms with van der Waals surface area (Å²) in [7, 11) is 1.95. The van der Waals surface area contributed by atoms with Gasteiger partial charge in [-0.1, -0.05) is 12.1 Å². The maximum Gasteiger partial charge on any atom is 0.221 e. The lowest BCUT2D eigenvalue weighted by atomic mass is 9.91. The maximum atomic E-state index is 11.4. The number of rotatable bonds is 5. The van der Waals surface area contributed by atoms with Gasteiger partial charge in [-0.25, -0.2) is 0 Å². The monoisotopic (exact) mass is 390 g/mol. The van der Waals surface area contributed by atoms with Gasteiger partial charge in [-0.3, -0.25) is 24.3 Å². The number of carbonyl (C=O) groups is 1. The first-order chi connectivity index (χ1) is 14.1. The summed E-state index contributed by atoms with van der Waals surface area (Å²) < 4.78 is 1.85. The molecular formula is C22H26N6O. The minimum absolute atomic E-state index is 0.0835. The van der Waals surface area contributed by atoms with E-state index >= 15 is 0 Å². The summed E-state index contributed by atoms with van der Waals surface area (Å²) in [4.78, 5) is 23.3. The van der Waals surface area contributed by atoms with Crippen molar-refractivity contribution in [2.75, 3.05) is 18.4 Å². The average molecular weight is 390 g/mol. The van der Waals surface area contributed by atoms with E-state index in [1.165, 1.54) is 12.5 Å². The van der Waals surface area contributed by atoms with Crippen molar-refractivity contribution < 1.29 is 4.79 Å². The Morgan fingerprint density at radius 3 is 2.93 bits per heavy atom. The fourth-order valence-electron chi connectivity index (χ4n) is 4.05. The molecule has 1 fully saturated rings. The number of likely N-dealkylation sites (tertiary alicyclic amines) is 1. The zero-order chi connectivity index (χ0) is 20.2. The Balaban J connectivity index is 1.57. The third-order valence-corrected chi connectivity index (χ3v) is 5.24. The zero-order valence-corrected chi connectivity index (χ0v) is 16.9. The van der Waals surface area contributed by atoms with Crippen LogP contribution < -0.4 is 5.32 Å². The molecule has 1 N–H and O–H groups in total. The second kappa shape index (κ2) is 8.53. The Hall–Kier alpha value is -3.06. The molecule has 7 nitrogen and oxygen atoms in total. The molecule has 7 heteroatoms. The van der Waals surface area contributed by atoms with Crippen LogP contribution in [0.3, 0.4) is 0 Å². The van der Waals surface area contributed by atoms with Gasteiger partial charge in [-0.05, 0) is 31.5 Å². The molecule has 1 unspecified atom stereocenters. The highest BCUT2D eigenvalue weighted by molar-refractivity contribution is 5.89. The number of nitrogens with one attached hydrogen (secondary N) is 1. The Labute approximate surface area is 170 Å². The molecule has 0 radical (unpaired) electrons. The van der Waals surface area contributed by atoms with Gasteiger partial charge in [0.15, 0.2) is 0 Å². The van der Waals surface area contributed by atoms with E-state index in [2.05, 4.69) is 26.5 Å². The Bertz CT molecular complexity index is 998. The fraction of sp³-hybridized carbons (Fsp3) is 0.364. The minimum Gasteiger partial charge on any atom is -0.326 e. The number of benzene rings is 1. The van der Waals surface area contributed by atoms with Crippen LogP contribution in [0.2, 0.25) is 0 Å². The molecule has 1 aromatic carbocycles. The number of anilines is 1. The van der Waals surface area contributed by atoms with E-state index in [-0.39, 0.29) is 5.91 Å². The van der Waals surface area contributed by atoms with Crippen LogP contribution >= 0.6 is 0 Å². The lowest BCUT2D eigenvalue weighted by Crippen LogP contribution is -2.34. The largest absolute Gasteiger partial charge is 0.326 e. The van der Waals surface area contributed by atoms with E-state index in [0.717, 1.165) is 55.1 Å². The first-order valence-corrected chi connectivity index (χ1v) is 9.97. The third kappa shape index (κ3) is 4.68. The second-order valence-electron chi connectivity index (χ2n) is 7.65. The summed E-state index contributed by atoms with van der Waals surface area (Å²) in [5.41, 5.74) is 4.91. The number of nitrogens with zero attached hydrogens (tertiary/aromatic N) is 5. The van der Waals surface area contributed by atoms with Crippen molar-refractivity contribution in [3.63, 3.8) is 0 Å². The zero-order valence-electron chi connectivity index (χ0n) is 16.9. The predicted octanol–water partition coefficient (Wildman–Crippen LogP) is 3.22. The van der Waals surface area contributed by atoms with Gasteiger partial charge in [0.1, 0.15) is 0 Å². The lowest BCUT2D eigenvalue weighted by molar-refractivity contribution is -0.114. The van der Waals surface area contributed by atoms with Crippen molar-refractivity contribution in [1.29, 1.82) is 0 Å². The van der Waals surface area contributed by atoms with Gasteiger partial charge in [0.05, 0.1) is 17.6 Å². The molecule has 1 aliphatic heterocycles. The summed E-state index contributed by atoms with van der Waals surface area (Å²) >= 11 is 0. The number of hydrogen-bond donors (Lipinski definition) is 1. The van der Waals surface area contributed by atoms with Crippen molar-refractivity contribution in [1.82, 2.24) is 24.6 Å². The highest BCUT2D eigenvalue weighted by Crippen LogP contribution is 2.33. The van der Waals surface area contributed by atoms with Gasteiger partial charge in [0.25, 0.3) is 0 Å². The summed E-state index contributed by atoms with van der Waals surface area (Å²) in [6.07, 6.45) is 9.75. The van der Waals surface area contributed by atoms with Crippen molar-refractivity contribution in [3.05, 3.63) is 60.3 Å². The second-order valence-corrected chi connectivity index (χ2v) is 7.65. The van der Waals surface area contributed by atoms with Gasteiger partial charge >= 0.3 is 0 Å². The molecule has 4 rings (SSSR count). The SMILES string of the molecule is CC(=O)Nc1cccc(-c2nccnc2C2CCCN(Cc3cnn(C)c3)C2)c1. The number of carbonyl (C=O) groups excluding carboxylic acids is 1. The number of amides is 1. The molecule has 1 saturated heterocycles. The Morgan fingerprint density at radius 1 is 1.28 bits per heavy atom. The summed E-state index contributed by atoms with van der Waals surface area (Å²) in [5, 5.41) is 7.13. The van der Waals surface area contributed by atoms with Crippen LogP contribution in [0, 0.1) is 0 Å². The highest BCUT2D eigenvalue weighted by atomic mass is 16.1. The van der Waals surface area contributed by atoms with E-state index in [9.17, 15) is 4.79 Å². The van der Waals surface area contributed by atoms with E-state index < -0.39 is 0 Å². The molecule has 150 valence electrons. The molecule has 1 aliphatic rings. The van der Waals surface area contributed by atoms with Crippen molar-refractivity contribution in [3.8, 4) is 11.3 Å². The van der Waals surface area contributed by atoms with Crippen LogP contribution in [0.4, 0.5) is 5.69 Å². The Kier molecular flexibility index (Phi) is 5.67. The lowest BCUT2D eigenvalue weighted by Gasteiger charge is -2.32. The standard InChI is InChI=1S/C22H26N6O/c1-16(29)26-20-7-3-5-18(11-20)21-22(24-9-8-23-21)19-6-4-10-28(15-19)14-17-12-25-27(2)13-17/h3,5,7-9,11-13,19H,4,6,10,14-15H2,1-2H3,(H,26,29). The minimum atomic E-state index is -0.0835. The molecule has 0 aliphatic carbocycles. The Morgan fingerprint density at radius 2 is 2.14 bits per heavy atom. The molecule has 3 aromatic rings. The van der Waals surface area contributed by atoms with E-state index in [1.807, 2.05) is 42.2 Å². The summed E-state index contributed by atoms with van der Waals surface area (Å²) in [6.45, 7) is 4.45. The van der Waals surface area contributed by atoms with Crippen molar-refractivity contribution in [2.45, 2.75) is 32.2 Å². The predicted molar refractivity (Wildman–Crippen MR) is 112 cm³/mol. The molecule has 0 bridgehead atoms. The van der Waals surface area contributed by atoms with Crippen LogP contribution in [0.25, 0.3) is 11.3 Å². The molecule has 2 aromatic heterocycles. The van der Waals surface area contributed by atoms with E-state index in [4.69, 9.17) is 4.98 Å². The van der Waals surface area contributed by atoms with Gasteiger partial charge in [-0.2, -0.15) is 5.10 Å². The van der Waals surface area contributed by atoms with Crippen LogP contribution in [-0.4, -0.2) is 43.6 Å². The van der Waals surface area contributed by atoms with E-state index in [0.29, 0.717) is 5.92 Å². The molecule has 1 amide bonds. The molecule has 29 heavy (non-hydrogen) atoms. The average Bonchev–Trinajstić information content (AvgIpc) is 3.12. The first kappa shape index (κ1) is 19.3. The van der Waals surface area contributed by atoms with Crippen LogP contribution in [0.5, 0.6) is 0 Å². The van der Waals surface area contributed by atoms with Crippen LogP contribution in [0.1, 0.15) is 36.9 Å². The molecular weight excluding hydrogens is 364 g/mol. The highest BCUT2D eigenvalue weighted by Gasteiger charge is 2.25. The van der Waals surface area contributed by atoms with Crippen molar-refractivity contribution >= 4 is 11.6 Å². The van der Waals surface area contributed by atoms with Gasteiger partial charge < -0.3 is 5.32 Å². The number of piperidine rings is 1. The van der Waals surface area contributed by atoms with Crippen LogP contribution in [-0.2, 0) is 18.4 Å². The third-order valence-electron chi connectivity index (χ3n) is 5.24. The quantitative estimate of drug-likeness (QED) is 0.724. The fourth-order valence-corrected chi connectivity index (χ4v) is 4.05. The number of aryl methyl sites for hydroxylation is 1. The maximum absolute atomic E-state index is 11.4. The van der Waals surface area contributed by atoms with Crippen LogP contribution in [0.15, 0.2) is 49.1 Å². The van der Waals surface area contributed by atoms with Gasteiger partial charge in [0, 0.05) is 68.4 Å². The topological polar surface area (TPSA) is 75.9 Å². The smallest absolute Gasteiger partial charge is 0.221 e. The number of hydrogen-bond acceptors (Lipinski definition) is 5. The van der Waals surface area contributed by atoms with Crippen molar-refractivity contribution in [2.24, 2.45) is 7.05 Å². The molecule has 3 heterocycles. The normalized spacial score (nSPS) is 17.2. The molecule has 0 saturated carbocycles.